The van der Waals surface area contributed by atoms with E-state index >= 15 is 0 Å². The molecule has 3 atom stereocenters. The van der Waals surface area contributed by atoms with Crippen molar-refractivity contribution in [3.63, 3.8) is 0 Å². The lowest BCUT2D eigenvalue weighted by Crippen LogP contribution is -2.47. The van der Waals surface area contributed by atoms with Crippen molar-refractivity contribution in [1.82, 2.24) is 29.7 Å². The van der Waals surface area contributed by atoms with Crippen molar-refractivity contribution in [2.45, 2.75) is 51.9 Å². The highest BCUT2D eigenvalue weighted by molar-refractivity contribution is 7.59. The third-order valence-corrected chi connectivity index (χ3v) is 7.41. The van der Waals surface area contributed by atoms with Gasteiger partial charge in [0.15, 0.2) is 11.5 Å². The summed E-state index contributed by atoms with van der Waals surface area (Å²) in [5, 5.41) is 15.2. The zero-order valence-corrected chi connectivity index (χ0v) is 20.3. The number of nitrogens with one attached hydrogen (secondary N) is 2. The molecular weight excluding hydrogens is 464 g/mol. The highest BCUT2D eigenvalue weighted by Gasteiger charge is 2.37. The molecule has 13 heteroatoms. The summed E-state index contributed by atoms with van der Waals surface area (Å²) in [5.41, 5.74) is 5.88. The second-order valence-corrected chi connectivity index (χ2v) is 10.8. The number of imidazole rings is 1. The predicted octanol–water partition coefficient (Wildman–Crippen LogP) is 2.91. The zero-order valence-electron chi connectivity index (χ0n) is 19.4. The normalized spacial score (nSPS) is 15.7. The van der Waals surface area contributed by atoms with Gasteiger partial charge in [0.1, 0.15) is 29.5 Å². The molecular formula is C21H29FN7O4P. The van der Waals surface area contributed by atoms with Crippen LogP contribution in [0.5, 0.6) is 0 Å². The Kier molecular flexibility index (Phi) is 7.67. The van der Waals surface area contributed by atoms with Crippen LogP contribution in [-0.4, -0.2) is 48.6 Å². The van der Waals surface area contributed by atoms with E-state index in [0.717, 1.165) is 0 Å². The van der Waals surface area contributed by atoms with Crippen LogP contribution in [0.1, 0.15) is 39.3 Å². The molecule has 3 aromatic rings. The minimum atomic E-state index is -3.63. The largest absolute Gasteiger partial charge is 0.480 e. The van der Waals surface area contributed by atoms with Gasteiger partial charge in [-0.05, 0) is 45.4 Å². The second kappa shape index (κ2) is 10.1. The summed E-state index contributed by atoms with van der Waals surface area (Å²) in [7, 11) is -3.63. The molecule has 34 heavy (non-hydrogen) atoms. The first-order chi connectivity index (χ1) is 15.9. The Hall–Kier alpha value is -2.92. The van der Waals surface area contributed by atoms with Crippen molar-refractivity contribution in [2.24, 2.45) is 0 Å². The van der Waals surface area contributed by atoms with Crippen LogP contribution in [0.15, 0.2) is 36.9 Å². The Balaban J connectivity index is 1.75. The third-order valence-electron chi connectivity index (χ3n) is 5.17. The van der Waals surface area contributed by atoms with Crippen LogP contribution in [0.3, 0.4) is 0 Å². The molecule has 1 aromatic carbocycles. The first-order valence-electron chi connectivity index (χ1n) is 10.6. The molecule has 0 saturated carbocycles. The fourth-order valence-electron chi connectivity index (χ4n) is 3.36. The van der Waals surface area contributed by atoms with Crippen LogP contribution >= 0.6 is 7.44 Å². The van der Waals surface area contributed by atoms with Crippen molar-refractivity contribution in [3.05, 3.63) is 48.3 Å². The maximum Gasteiger partial charge on any atom is 0.323 e. The molecule has 3 rings (SSSR count). The summed E-state index contributed by atoms with van der Waals surface area (Å²) in [6.45, 7) is 6.62. The van der Waals surface area contributed by atoms with Crippen LogP contribution < -0.4 is 15.9 Å². The van der Waals surface area contributed by atoms with Crippen LogP contribution in [0.2, 0.25) is 0 Å². The van der Waals surface area contributed by atoms with Crippen LogP contribution in [0, 0.1) is 5.82 Å². The number of nitrogens with zero attached hydrogens (tertiary/aromatic N) is 4. The van der Waals surface area contributed by atoms with E-state index in [1.165, 1.54) is 32.3 Å². The molecule has 2 aromatic heterocycles. The van der Waals surface area contributed by atoms with Crippen molar-refractivity contribution in [3.8, 4) is 0 Å². The summed E-state index contributed by atoms with van der Waals surface area (Å²) < 4.78 is 35.1. The monoisotopic (exact) mass is 493 g/mol. The quantitative estimate of drug-likeness (QED) is 0.293. The van der Waals surface area contributed by atoms with Crippen LogP contribution in [-0.2, 0) is 20.6 Å². The standard InChI is InChI=1S/C21H29FN7O4P/c1-13(9-29-11-26-17-18(23)24-10-25-19(17)29)33-12-34(32,28-21(3,4)20(30)31)27-14(2)15-6-5-7-16(22)8-15/h5-8,10-11,13-14H,9,12H2,1-4H3,(H,30,31)(H2,23,24,25)(H2,27,28,32)/t13?,14-,34?/m1/s1. The maximum atomic E-state index is 13.8. The highest BCUT2D eigenvalue weighted by atomic mass is 31.2. The SMILES string of the molecule is CC(Cn1cnc2c(N)ncnc21)OCP(=O)(N[C@H](C)c1cccc(F)c1)NC(C)(C)C(=O)O. The Morgan fingerprint density at radius 2 is 2.06 bits per heavy atom. The molecule has 0 spiro atoms. The second-order valence-electron chi connectivity index (χ2n) is 8.62. The van der Waals surface area contributed by atoms with Gasteiger partial charge in [0.25, 0.3) is 0 Å². The number of carboxylic acid groups (broad SMARTS) is 1. The molecule has 0 aliphatic heterocycles. The first kappa shape index (κ1) is 25.7. The lowest BCUT2D eigenvalue weighted by molar-refractivity contribution is -0.142. The van der Waals surface area contributed by atoms with E-state index in [9.17, 15) is 18.9 Å². The van der Waals surface area contributed by atoms with Gasteiger partial charge in [-0.15, -0.1) is 0 Å². The average Bonchev–Trinajstić information content (AvgIpc) is 3.16. The number of aliphatic carboxylic acids is 1. The minimum absolute atomic E-state index is 0.262. The van der Waals surface area contributed by atoms with Gasteiger partial charge in [-0.2, -0.15) is 0 Å². The van der Waals surface area contributed by atoms with Gasteiger partial charge in [0.05, 0.1) is 19.0 Å². The lowest BCUT2D eigenvalue weighted by Gasteiger charge is -2.32. The number of benzene rings is 1. The molecule has 0 aliphatic rings. The predicted molar refractivity (Wildman–Crippen MR) is 126 cm³/mol. The Bertz CT molecular complexity index is 1220. The number of carboxylic acids is 1. The van der Waals surface area contributed by atoms with Crippen LogP contribution in [0.25, 0.3) is 11.2 Å². The Morgan fingerprint density at radius 3 is 2.74 bits per heavy atom. The topological polar surface area (TPSA) is 157 Å². The fourth-order valence-corrected chi connectivity index (χ4v) is 5.80. The van der Waals surface area contributed by atoms with Gasteiger partial charge in [-0.25, -0.2) is 29.5 Å². The lowest BCUT2D eigenvalue weighted by atomic mass is 10.1. The number of rotatable bonds is 11. The molecule has 11 nitrogen and oxygen atoms in total. The van der Waals surface area contributed by atoms with Crippen molar-refractivity contribution < 1.29 is 23.6 Å². The summed E-state index contributed by atoms with van der Waals surface area (Å²) in [6.07, 6.45) is 2.15. The number of aromatic nitrogens is 4. The van der Waals surface area contributed by atoms with Crippen molar-refractivity contribution in [1.29, 1.82) is 0 Å². The number of ether oxygens (including phenoxy) is 1. The first-order valence-corrected chi connectivity index (χ1v) is 12.5. The van der Waals surface area contributed by atoms with Crippen LogP contribution in [0.4, 0.5) is 10.2 Å². The van der Waals surface area contributed by atoms with Gasteiger partial charge >= 0.3 is 5.97 Å². The Labute approximate surface area is 196 Å². The van der Waals surface area contributed by atoms with Crippen molar-refractivity contribution >= 4 is 30.4 Å². The molecule has 184 valence electrons. The number of hydrogen-bond acceptors (Lipinski definition) is 7. The van der Waals surface area contributed by atoms with Gasteiger partial charge in [-0.3, -0.25) is 9.36 Å². The van der Waals surface area contributed by atoms with Gasteiger partial charge < -0.3 is 20.1 Å². The van der Waals surface area contributed by atoms with Gasteiger partial charge in [0.2, 0.25) is 7.44 Å². The van der Waals surface area contributed by atoms with E-state index in [-0.39, 0.29) is 12.2 Å². The van der Waals surface area contributed by atoms with E-state index in [2.05, 4.69) is 25.1 Å². The average molecular weight is 493 g/mol. The van der Waals surface area contributed by atoms with E-state index in [1.807, 2.05) is 0 Å². The third kappa shape index (κ3) is 6.15. The number of nitrogen functional groups attached to an aromatic ring is 1. The van der Waals surface area contributed by atoms with E-state index < -0.39 is 36.9 Å². The molecule has 5 N–H and O–H groups in total. The minimum Gasteiger partial charge on any atom is -0.480 e. The summed E-state index contributed by atoms with van der Waals surface area (Å²) in [4.78, 5) is 24.0. The smallest absolute Gasteiger partial charge is 0.323 e. The maximum absolute atomic E-state index is 13.8. The van der Waals surface area contributed by atoms with E-state index in [1.54, 1.807) is 36.9 Å². The molecule has 0 amide bonds. The molecule has 0 bridgehead atoms. The molecule has 2 unspecified atom stereocenters. The molecule has 0 radical (unpaired) electrons. The molecule has 2 heterocycles. The van der Waals surface area contributed by atoms with E-state index in [0.29, 0.717) is 23.3 Å². The summed E-state index contributed by atoms with van der Waals surface area (Å²) >= 11 is 0. The number of halogens is 1. The summed E-state index contributed by atoms with van der Waals surface area (Å²) in [6, 6.07) is 5.33. The van der Waals surface area contributed by atoms with Crippen molar-refractivity contribution in [2.75, 3.05) is 12.1 Å². The fraction of sp³-hybridized carbons (Fsp3) is 0.429. The number of carbonyl (C=O) groups is 1. The number of hydrogen-bond donors (Lipinski definition) is 4. The number of anilines is 1. The molecule has 0 fully saturated rings. The molecule has 0 saturated heterocycles. The van der Waals surface area contributed by atoms with Gasteiger partial charge in [-0.1, -0.05) is 12.1 Å². The number of fused-ring (bicyclic) bond motifs is 1. The summed E-state index contributed by atoms with van der Waals surface area (Å²) in [5.74, 6) is -1.35. The van der Waals surface area contributed by atoms with Gasteiger partial charge in [0, 0.05) is 6.04 Å². The highest BCUT2D eigenvalue weighted by Crippen LogP contribution is 2.42. The van der Waals surface area contributed by atoms with E-state index in [4.69, 9.17) is 10.5 Å². The number of nitrogens with two attached hydrogens (primary N) is 1. The zero-order chi connectivity index (χ0) is 25.1. The Morgan fingerprint density at radius 1 is 1.32 bits per heavy atom. The molecule has 0 aliphatic carbocycles.